The van der Waals surface area contributed by atoms with Crippen LogP contribution in [0.5, 0.6) is 0 Å². The van der Waals surface area contributed by atoms with E-state index in [1.807, 2.05) is 62.4 Å². The molecule has 3 atom stereocenters. The van der Waals surface area contributed by atoms with Crippen molar-refractivity contribution in [2.75, 3.05) is 13.2 Å². The number of benzene rings is 4. The number of hydrogen-bond acceptors (Lipinski definition) is 7. The van der Waals surface area contributed by atoms with Crippen LogP contribution in [0.3, 0.4) is 0 Å². The zero-order valence-electron chi connectivity index (χ0n) is 27.6. The number of ether oxygens (including phenoxy) is 2. The molecule has 10 heteroatoms. The summed E-state index contributed by atoms with van der Waals surface area (Å²) in [7, 11) is 0. The van der Waals surface area contributed by atoms with Crippen molar-refractivity contribution in [1.29, 1.82) is 0 Å². The zero-order chi connectivity index (χ0) is 34.4. The fraction of sp³-hybridized carbons (Fsp3) is 0.282. The Bertz CT molecular complexity index is 1680. The summed E-state index contributed by atoms with van der Waals surface area (Å²) < 4.78 is 14.3. The molecule has 2 saturated heterocycles. The topological polar surface area (TPSA) is 102 Å². The van der Waals surface area contributed by atoms with Crippen LogP contribution in [0.2, 0.25) is 5.25 Å². The Hall–Kier alpha value is -4.35. The number of thioether (sulfide) groups is 1. The molecule has 8 nitrogen and oxygen atoms in total. The van der Waals surface area contributed by atoms with Crippen molar-refractivity contribution in [3.05, 3.63) is 127 Å². The van der Waals surface area contributed by atoms with Gasteiger partial charge < -0.3 is 5.32 Å². The van der Waals surface area contributed by atoms with Crippen molar-refractivity contribution >= 4 is 62.0 Å². The first-order valence-corrected chi connectivity index (χ1v) is 22.0. The predicted molar refractivity (Wildman–Crippen MR) is 193 cm³/mol. The molecule has 0 saturated carbocycles. The number of esters is 2. The molecule has 2 amide bonds. The minimum atomic E-state index is -3.29. The van der Waals surface area contributed by atoms with E-state index in [0.717, 1.165) is 5.56 Å². The Morgan fingerprint density at radius 1 is 0.755 bits per heavy atom. The zero-order valence-corrected chi connectivity index (χ0v) is 30.5. The van der Waals surface area contributed by atoms with Gasteiger partial charge in [0.15, 0.2) is 0 Å². The van der Waals surface area contributed by atoms with Crippen molar-refractivity contribution in [2.45, 2.75) is 54.1 Å². The molecule has 0 unspecified atom stereocenters. The Morgan fingerprint density at radius 2 is 1.24 bits per heavy atom. The van der Waals surface area contributed by atoms with Gasteiger partial charge in [0.2, 0.25) is 5.91 Å². The van der Waals surface area contributed by atoms with Gasteiger partial charge in [-0.05, 0) is 5.56 Å². The number of carbonyl (C=O) groups excluding carboxylic acids is 4. The second-order valence-corrected chi connectivity index (χ2v) is 23.1. The van der Waals surface area contributed by atoms with Crippen molar-refractivity contribution in [3.63, 3.8) is 0 Å². The summed E-state index contributed by atoms with van der Waals surface area (Å²) in [6.07, 6.45) is 0.393. The summed E-state index contributed by atoms with van der Waals surface area (Å²) in [5.41, 5.74) is 0.857. The number of nitrogens with zero attached hydrogens (tertiary/aromatic N) is 1. The van der Waals surface area contributed by atoms with E-state index in [9.17, 15) is 19.2 Å². The van der Waals surface area contributed by atoms with E-state index in [4.69, 9.17) is 9.47 Å². The average molecular weight is 737 g/mol. The van der Waals surface area contributed by atoms with Gasteiger partial charge in [-0.3, -0.25) is 4.79 Å². The van der Waals surface area contributed by atoms with Crippen LogP contribution >= 0.6 is 11.8 Å². The third-order valence-corrected chi connectivity index (χ3v) is 21.3. The number of fused-ring (bicyclic) bond motifs is 1. The van der Waals surface area contributed by atoms with Gasteiger partial charge in [0.05, 0.1) is 6.42 Å². The first kappa shape index (κ1) is 34.5. The molecule has 0 aromatic heterocycles. The van der Waals surface area contributed by atoms with E-state index in [1.165, 1.54) is 29.8 Å². The molecule has 0 spiro atoms. The summed E-state index contributed by atoms with van der Waals surface area (Å²) in [4.78, 5) is 53.7. The number of carbonyl (C=O) groups is 4. The molecule has 0 bridgehead atoms. The van der Waals surface area contributed by atoms with Gasteiger partial charge >= 0.3 is 237 Å². The second-order valence-electron chi connectivity index (χ2n) is 12.9. The maximum absolute atomic E-state index is 13.3. The van der Waals surface area contributed by atoms with Crippen molar-refractivity contribution < 1.29 is 28.7 Å². The second kappa shape index (κ2) is 15.0. The van der Waals surface area contributed by atoms with E-state index >= 15 is 0 Å². The summed E-state index contributed by atoms with van der Waals surface area (Å²) in [5, 5.41) is 3.14. The van der Waals surface area contributed by atoms with E-state index < -0.39 is 36.1 Å². The molecule has 0 radical (unpaired) electrons. The van der Waals surface area contributed by atoms with Gasteiger partial charge in [0, 0.05) is 0 Å². The van der Waals surface area contributed by atoms with E-state index in [-0.39, 0.29) is 49.2 Å². The third-order valence-electron chi connectivity index (χ3n) is 9.28. The van der Waals surface area contributed by atoms with Crippen molar-refractivity contribution in [2.24, 2.45) is 0 Å². The molecule has 49 heavy (non-hydrogen) atoms. The molecule has 2 heterocycles. The number of amides is 2. The van der Waals surface area contributed by atoms with E-state index in [2.05, 4.69) is 78.1 Å². The SMILES string of the molecule is CC1(C)S[C@@H]2[C@H](NC(=O)Cc3ccccc3)C(=O)N2[C@H]1C(=O)OCCOC(=O)C[CH2][Ge]([c]1ccccc1)([c]1ccccc1)[c]1ccccc1. The normalized spacial score (nSPS) is 19.3. The Labute approximate surface area is 293 Å². The molecule has 2 aliphatic heterocycles. The van der Waals surface area contributed by atoms with Crippen LogP contribution < -0.4 is 18.5 Å². The fourth-order valence-electron chi connectivity index (χ4n) is 6.97. The van der Waals surface area contributed by atoms with Crippen molar-refractivity contribution in [1.82, 2.24) is 10.2 Å². The monoisotopic (exact) mass is 738 g/mol. The molecule has 1 N–H and O–H groups in total. The van der Waals surface area contributed by atoms with Gasteiger partial charge in [-0.15, -0.1) is 0 Å². The van der Waals surface area contributed by atoms with Crippen molar-refractivity contribution in [3.8, 4) is 0 Å². The van der Waals surface area contributed by atoms with E-state index in [0.29, 0.717) is 5.25 Å². The maximum atomic E-state index is 13.3. The van der Waals surface area contributed by atoms with Crippen LogP contribution in [0.15, 0.2) is 121 Å². The van der Waals surface area contributed by atoms with Gasteiger partial charge in [0.1, 0.15) is 0 Å². The predicted octanol–water partition coefficient (Wildman–Crippen LogP) is 3.42. The van der Waals surface area contributed by atoms with Gasteiger partial charge in [-0.1, -0.05) is 30.3 Å². The number of rotatable bonds is 13. The van der Waals surface area contributed by atoms with Gasteiger partial charge in [0.25, 0.3) is 0 Å². The molecule has 4 aromatic rings. The van der Waals surface area contributed by atoms with Gasteiger partial charge in [-0.25, -0.2) is 0 Å². The molecule has 6 rings (SSSR count). The summed E-state index contributed by atoms with van der Waals surface area (Å²) >= 11 is -1.82. The Kier molecular flexibility index (Phi) is 10.6. The van der Waals surface area contributed by atoms with Crippen LogP contribution in [0, 0.1) is 0 Å². The summed E-state index contributed by atoms with van der Waals surface area (Å²) in [6.45, 7) is 3.58. The molecule has 252 valence electrons. The van der Waals surface area contributed by atoms with Crippen LogP contribution in [0.25, 0.3) is 0 Å². The number of β-lactam (4-membered cyclic amide) rings is 1. The fourth-order valence-corrected chi connectivity index (χ4v) is 18.5. The molecular weight excluding hydrogens is 697 g/mol. The van der Waals surface area contributed by atoms with Crippen LogP contribution in [0.1, 0.15) is 25.8 Å². The molecular formula is C39H40GeN2O6S. The first-order valence-electron chi connectivity index (χ1n) is 16.5. The molecule has 0 aliphatic carbocycles. The standard InChI is InChI=1S/C39H40GeN2O6S/c1-39(2)35(42-36(45)34(37(42)49-39)41-32(43)27-28-15-7-3-8-16-28)38(46)48-26-25-47-33(44)23-24-40(29-17-9-4-10-18-29,30-19-11-5-12-20-30)31-21-13-6-14-22-31/h3-22,34-35,37H,23-27H2,1-2H3,(H,41,43)/t34-,35+,37-/m1/s1. The number of hydrogen-bond donors (Lipinski definition) is 1. The quantitative estimate of drug-likeness (QED) is 0.0972. The van der Waals surface area contributed by atoms with Gasteiger partial charge in [-0.2, -0.15) is 0 Å². The number of nitrogens with one attached hydrogen (secondary N) is 1. The molecule has 4 aromatic carbocycles. The molecule has 2 fully saturated rings. The Morgan fingerprint density at radius 3 is 1.78 bits per heavy atom. The van der Waals surface area contributed by atoms with Crippen LogP contribution in [-0.2, 0) is 35.1 Å². The van der Waals surface area contributed by atoms with Crippen LogP contribution in [-0.4, -0.2) is 77.3 Å². The minimum absolute atomic E-state index is 0.0809. The molecule has 2 aliphatic rings. The summed E-state index contributed by atoms with van der Waals surface area (Å²) in [5.74, 6) is -1.45. The average Bonchev–Trinajstić information content (AvgIpc) is 3.38. The first-order chi connectivity index (χ1) is 23.7. The summed E-state index contributed by atoms with van der Waals surface area (Å²) in [6, 6.07) is 39.2. The van der Waals surface area contributed by atoms with E-state index in [1.54, 1.807) is 0 Å². The third kappa shape index (κ3) is 7.33. The van der Waals surface area contributed by atoms with Crippen LogP contribution in [0.4, 0.5) is 0 Å². The Balaban J connectivity index is 1.04.